The highest BCUT2D eigenvalue weighted by atomic mass is 32.2. The van der Waals surface area contributed by atoms with Crippen LogP contribution in [0, 0.1) is 6.92 Å². The Balaban J connectivity index is 2.07. The monoisotopic (exact) mass is 275 g/mol. The number of rotatable bonds is 4. The highest BCUT2D eigenvalue weighted by Crippen LogP contribution is 2.23. The molecule has 0 unspecified atom stereocenters. The maximum atomic E-state index is 11.6. The molecule has 100 valence electrons. The van der Waals surface area contributed by atoms with Gasteiger partial charge in [-0.2, -0.15) is 0 Å². The van der Waals surface area contributed by atoms with Crippen molar-refractivity contribution in [2.75, 3.05) is 7.11 Å². The highest BCUT2D eigenvalue weighted by Gasteiger charge is 2.02. The minimum Gasteiger partial charge on any atom is -0.497 e. The molecule has 3 nitrogen and oxygen atoms in total. The minimum absolute atomic E-state index is 0.0637. The van der Waals surface area contributed by atoms with Crippen molar-refractivity contribution in [1.82, 2.24) is 4.57 Å². The lowest BCUT2D eigenvalue weighted by Gasteiger charge is -2.06. The van der Waals surface area contributed by atoms with Gasteiger partial charge in [0.2, 0.25) is 0 Å². The van der Waals surface area contributed by atoms with E-state index in [4.69, 9.17) is 4.74 Å². The van der Waals surface area contributed by atoms with Gasteiger partial charge in [0.1, 0.15) is 5.75 Å². The van der Waals surface area contributed by atoms with Crippen molar-refractivity contribution in [1.29, 1.82) is 0 Å². The van der Waals surface area contributed by atoms with Crippen molar-refractivity contribution in [3.63, 3.8) is 0 Å². The molecule has 0 bridgehead atoms. The third-order valence-corrected chi connectivity index (χ3v) is 3.94. The number of ether oxygens (including phenoxy) is 1. The summed E-state index contributed by atoms with van der Waals surface area (Å²) in [6.07, 6.45) is 1.88. The standard InChI is InChI=1S/C15H17NO2S/c1-11-8-14(9-16(2)15(11)17)19-10-12-4-6-13(18-3)7-5-12/h4-9H,10H2,1-3H3. The Morgan fingerprint density at radius 2 is 1.95 bits per heavy atom. The number of thioether (sulfide) groups is 1. The summed E-state index contributed by atoms with van der Waals surface area (Å²) in [6.45, 7) is 1.85. The summed E-state index contributed by atoms with van der Waals surface area (Å²) in [7, 11) is 3.45. The summed E-state index contributed by atoms with van der Waals surface area (Å²) >= 11 is 1.72. The summed E-state index contributed by atoms with van der Waals surface area (Å²) < 4.78 is 6.76. The molecule has 0 fully saturated rings. The molecule has 0 spiro atoms. The summed E-state index contributed by atoms with van der Waals surface area (Å²) in [4.78, 5) is 12.7. The zero-order chi connectivity index (χ0) is 13.8. The molecule has 0 saturated heterocycles. The number of benzene rings is 1. The fraction of sp³-hybridized carbons (Fsp3) is 0.267. The maximum Gasteiger partial charge on any atom is 0.253 e. The predicted molar refractivity (Wildman–Crippen MR) is 79.0 cm³/mol. The quantitative estimate of drug-likeness (QED) is 0.804. The second kappa shape index (κ2) is 5.97. The molecule has 1 heterocycles. The van der Waals surface area contributed by atoms with Gasteiger partial charge in [0.05, 0.1) is 7.11 Å². The van der Waals surface area contributed by atoms with E-state index in [1.54, 1.807) is 30.5 Å². The number of nitrogens with zero attached hydrogens (tertiary/aromatic N) is 1. The normalized spacial score (nSPS) is 10.5. The molecule has 0 aliphatic rings. The molecule has 1 aromatic heterocycles. The zero-order valence-corrected chi connectivity index (χ0v) is 12.2. The first-order valence-electron chi connectivity index (χ1n) is 6.03. The molecular formula is C15H17NO2S. The molecule has 2 aromatic rings. The number of aryl methyl sites for hydroxylation is 2. The highest BCUT2D eigenvalue weighted by molar-refractivity contribution is 7.98. The number of pyridine rings is 1. The van der Waals surface area contributed by atoms with E-state index in [0.29, 0.717) is 0 Å². The predicted octanol–water partition coefficient (Wildman–Crippen LogP) is 2.99. The van der Waals surface area contributed by atoms with Crippen LogP contribution in [0.5, 0.6) is 5.75 Å². The van der Waals surface area contributed by atoms with Crippen LogP contribution in [0.4, 0.5) is 0 Å². The van der Waals surface area contributed by atoms with Crippen LogP contribution in [-0.4, -0.2) is 11.7 Å². The first kappa shape index (κ1) is 13.7. The lowest BCUT2D eigenvalue weighted by molar-refractivity contribution is 0.414. The van der Waals surface area contributed by atoms with Crippen LogP contribution in [0.3, 0.4) is 0 Å². The van der Waals surface area contributed by atoms with Crippen molar-refractivity contribution >= 4 is 11.8 Å². The smallest absolute Gasteiger partial charge is 0.253 e. The van der Waals surface area contributed by atoms with E-state index in [1.165, 1.54) is 5.56 Å². The van der Waals surface area contributed by atoms with Gasteiger partial charge in [-0.25, -0.2) is 0 Å². The molecular weight excluding hydrogens is 258 g/mol. The molecule has 0 aliphatic heterocycles. The molecule has 0 amide bonds. The van der Waals surface area contributed by atoms with Crippen molar-refractivity contribution in [3.8, 4) is 5.75 Å². The molecule has 19 heavy (non-hydrogen) atoms. The van der Waals surface area contributed by atoms with Gasteiger partial charge in [0, 0.05) is 29.5 Å². The SMILES string of the molecule is COc1ccc(CSc2cc(C)c(=O)n(C)c2)cc1. The Morgan fingerprint density at radius 1 is 1.26 bits per heavy atom. The zero-order valence-electron chi connectivity index (χ0n) is 11.3. The first-order chi connectivity index (χ1) is 9.10. The second-order valence-electron chi connectivity index (χ2n) is 4.41. The van der Waals surface area contributed by atoms with Crippen LogP contribution in [0.2, 0.25) is 0 Å². The molecule has 0 aliphatic carbocycles. The van der Waals surface area contributed by atoms with E-state index in [9.17, 15) is 4.79 Å². The molecule has 2 rings (SSSR count). The van der Waals surface area contributed by atoms with E-state index < -0.39 is 0 Å². The van der Waals surface area contributed by atoms with Gasteiger partial charge in [-0.05, 0) is 30.7 Å². The Bertz CT molecular complexity index is 591. The lowest BCUT2D eigenvalue weighted by atomic mass is 10.2. The van der Waals surface area contributed by atoms with Crippen LogP contribution in [0.15, 0.2) is 46.2 Å². The Kier molecular flexibility index (Phi) is 4.32. The Hall–Kier alpha value is -1.68. The van der Waals surface area contributed by atoms with Crippen molar-refractivity contribution < 1.29 is 4.74 Å². The number of methoxy groups -OCH3 is 1. The summed E-state index contributed by atoms with van der Waals surface area (Å²) in [5.41, 5.74) is 2.08. The third kappa shape index (κ3) is 3.41. The van der Waals surface area contributed by atoms with Crippen molar-refractivity contribution in [2.24, 2.45) is 7.05 Å². The van der Waals surface area contributed by atoms with Crippen LogP contribution >= 0.6 is 11.8 Å². The van der Waals surface area contributed by atoms with Gasteiger partial charge in [0.15, 0.2) is 0 Å². The van der Waals surface area contributed by atoms with Crippen molar-refractivity contribution in [2.45, 2.75) is 17.6 Å². The van der Waals surface area contributed by atoms with Crippen LogP contribution in [0.25, 0.3) is 0 Å². The number of aromatic nitrogens is 1. The average molecular weight is 275 g/mol. The van der Waals surface area contributed by atoms with Gasteiger partial charge in [0.25, 0.3) is 5.56 Å². The van der Waals surface area contributed by atoms with Crippen LogP contribution < -0.4 is 10.3 Å². The second-order valence-corrected chi connectivity index (χ2v) is 5.46. The topological polar surface area (TPSA) is 31.2 Å². The van der Waals surface area contributed by atoms with Gasteiger partial charge < -0.3 is 9.30 Å². The largest absolute Gasteiger partial charge is 0.497 e. The fourth-order valence-electron chi connectivity index (χ4n) is 1.81. The molecule has 1 aromatic carbocycles. The van der Waals surface area contributed by atoms with Gasteiger partial charge in [-0.1, -0.05) is 12.1 Å². The average Bonchev–Trinajstić information content (AvgIpc) is 2.43. The molecule has 0 radical (unpaired) electrons. The minimum atomic E-state index is 0.0637. The summed E-state index contributed by atoms with van der Waals surface area (Å²) in [5.74, 6) is 1.74. The van der Waals surface area contributed by atoms with Gasteiger partial charge in [-0.3, -0.25) is 4.79 Å². The summed E-state index contributed by atoms with van der Waals surface area (Å²) in [5, 5.41) is 0. The number of hydrogen-bond donors (Lipinski definition) is 0. The first-order valence-corrected chi connectivity index (χ1v) is 7.01. The fourth-order valence-corrected chi connectivity index (χ4v) is 2.83. The van der Waals surface area contributed by atoms with Crippen LogP contribution in [-0.2, 0) is 12.8 Å². The van der Waals surface area contributed by atoms with Gasteiger partial charge >= 0.3 is 0 Å². The van der Waals surface area contributed by atoms with E-state index >= 15 is 0 Å². The van der Waals surface area contributed by atoms with Gasteiger partial charge in [-0.15, -0.1) is 11.8 Å². The van der Waals surface area contributed by atoms with E-state index in [0.717, 1.165) is 22.0 Å². The van der Waals surface area contributed by atoms with E-state index in [-0.39, 0.29) is 5.56 Å². The van der Waals surface area contributed by atoms with E-state index in [2.05, 4.69) is 12.1 Å². The Morgan fingerprint density at radius 3 is 2.53 bits per heavy atom. The molecule has 0 atom stereocenters. The molecule has 4 heteroatoms. The maximum absolute atomic E-state index is 11.6. The van der Waals surface area contributed by atoms with E-state index in [1.807, 2.05) is 31.3 Å². The van der Waals surface area contributed by atoms with Crippen LogP contribution in [0.1, 0.15) is 11.1 Å². The number of hydrogen-bond acceptors (Lipinski definition) is 3. The molecule has 0 N–H and O–H groups in total. The summed E-state index contributed by atoms with van der Waals surface area (Å²) in [6, 6.07) is 9.97. The molecule has 0 saturated carbocycles. The lowest BCUT2D eigenvalue weighted by Crippen LogP contribution is -2.18. The Labute approximate surface area is 117 Å². The van der Waals surface area contributed by atoms with Crippen molar-refractivity contribution in [3.05, 3.63) is 58.0 Å². The third-order valence-electron chi connectivity index (χ3n) is 2.90.